The molecule has 9 heteroatoms. The van der Waals surface area contributed by atoms with Crippen molar-refractivity contribution in [3.63, 3.8) is 0 Å². The molecule has 1 amide bonds. The summed E-state index contributed by atoms with van der Waals surface area (Å²) in [5, 5.41) is 13.4. The first-order valence-corrected chi connectivity index (χ1v) is 8.50. The van der Waals surface area contributed by atoms with Crippen LogP contribution < -0.4 is 14.8 Å². The number of ether oxygens (including phenoxy) is 3. The summed E-state index contributed by atoms with van der Waals surface area (Å²) in [7, 11) is 3.01. The van der Waals surface area contributed by atoms with Crippen LogP contribution in [0.15, 0.2) is 48.5 Å². The Morgan fingerprint density at radius 2 is 1.86 bits per heavy atom. The Morgan fingerprint density at radius 1 is 1.14 bits per heavy atom. The van der Waals surface area contributed by atoms with Gasteiger partial charge in [0.2, 0.25) is 0 Å². The van der Waals surface area contributed by atoms with Crippen molar-refractivity contribution in [1.29, 1.82) is 0 Å². The summed E-state index contributed by atoms with van der Waals surface area (Å²) >= 11 is 0. The van der Waals surface area contributed by atoms with Gasteiger partial charge in [0.25, 0.3) is 11.6 Å². The standard InChI is InChI=1S/C20H20N2O7/c1-13(20(24)21-16-6-4-5-7-17(16)22(25)26)29-19(23)11-8-14-12-15(27-2)9-10-18(14)28-3/h4-13H,1-3H3,(H,21,24)/b11-8+. The van der Waals surface area contributed by atoms with Gasteiger partial charge in [-0.15, -0.1) is 0 Å². The molecule has 29 heavy (non-hydrogen) atoms. The molecule has 0 fully saturated rings. The normalized spacial score (nSPS) is 11.6. The van der Waals surface area contributed by atoms with Gasteiger partial charge in [0.05, 0.1) is 19.1 Å². The number of nitrogens with one attached hydrogen (secondary N) is 1. The first kappa shape index (κ1) is 21.4. The highest BCUT2D eigenvalue weighted by Crippen LogP contribution is 2.25. The minimum Gasteiger partial charge on any atom is -0.497 e. The number of nitro groups is 1. The Morgan fingerprint density at radius 3 is 2.52 bits per heavy atom. The highest BCUT2D eigenvalue weighted by Gasteiger charge is 2.21. The van der Waals surface area contributed by atoms with E-state index in [0.29, 0.717) is 17.1 Å². The highest BCUT2D eigenvalue weighted by atomic mass is 16.6. The van der Waals surface area contributed by atoms with Crippen LogP contribution >= 0.6 is 0 Å². The maximum absolute atomic E-state index is 12.2. The number of amides is 1. The van der Waals surface area contributed by atoms with Gasteiger partial charge in [0, 0.05) is 17.7 Å². The van der Waals surface area contributed by atoms with Crippen LogP contribution in [0.5, 0.6) is 11.5 Å². The molecule has 1 atom stereocenters. The number of nitro benzene ring substituents is 1. The van der Waals surface area contributed by atoms with Gasteiger partial charge in [-0.1, -0.05) is 12.1 Å². The smallest absolute Gasteiger partial charge is 0.331 e. The number of anilines is 1. The van der Waals surface area contributed by atoms with Gasteiger partial charge in [-0.2, -0.15) is 0 Å². The minimum absolute atomic E-state index is 0.0158. The molecular weight excluding hydrogens is 380 g/mol. The quantitative estimate of drug-likeness (QED) is 0.313. The monoisotopic (exact) mass is 400 g/mol. The van der Waals surface area contributed by atoms with E-state index in [1.54, 1.807) is 24.3 Å². The van der Waals surface area contributed by atoms with Gasteiger partial charge in [-0.3, -0.25) is 14.9 Å². The molecule has 2 aromatic rings. The lowest BCUT2D eigenvalue weighted by Crippen LogP contribution is -2.29. The summed E-state index contributed by atoms with van der Waals surface area (Å²) in [5.74, 6) is -0.354. The van der Waals surface area contributed by atoms with Crippen LogP contribution in [0.25, 0.3) is 6.08 Å². The molecule has 0 saturated heterocycles. The number of esters is 1. The van der Waals surface area contributed by atoms with Crippen LogP contribution in [0.4, 0.5) is 11.4 Å². The van der Waals surface area contributed by atoms with Gasteiger partial charge in [0.1, 0.15) is 17.2 Å². The van der Waals surface area contributed by atoms with Crippen molar-refractivity contribution in [2.24, 2.45) is 0 Å². The van der Waals surface area contributed by atoms with E-state index in [-0.39, 0.29) is 11.4 Å². The van der Waals surface area contributed by atoms with E-state index < -0.39 is 22.9 Å². The van der Waals surface area contributed by atoms with Crippen LogP contribution in [0, 0.1) is 10.1 Å². The third-order valence-corrected chi connectivity index (χ3v) is 3.86. The second-order valence-corrected chi connectivity index (χ2v) is 5.78. The number of carbonyl (C=O) groups excluding carboxylic acids is 2. The molecule has 0 aliphatic heterocycles. The summed E-state index contributed by atoms with van der Waals surface area (Å²) in [6.07, 6.45) is 1.45. The SMILES string of the molecule is COc1ccc(OC)c(/C=C/C(=O)OC(C)C(=O)Nc2ccccc2[N+](=O)[O-])c1. The Hall–Kier alpha value is -3.88. The molecule has 0 heterocycles. The summed E-state index contributed by atoms with van der Waals surface area (Å²) in [6, 6.07) is 10.7. The zero-order chi connectivity index (χ0) is 21.4. The second-order valence-electron chi connectivity index (χ2n) is 5.78. The third kappa shape index (κ3) is 5.80. The molecule has 0 aliphatic rings. The fourth-order valence-electron chi connectivity index (χ4n) is 2.37. The molecule has 0 spiro atoms. The summed E-state index contributed by atoms with van der Waals surface area (Å²) in [5.41, 5.74) is 0.340. The number of hydrogen-bond acceptors (Lipinski definition) is 7. The van der Waals surface area contributed by atoms with Crippen molar-refractivity contribution in [3.8, 4) is 11.5 Å². The molecule has 1 N–H and O–H groups in total. The van der Waals surface area contributed by atoms with E-state index >= 15 is 0 Å². The van der Waals surface area contributed by atoms with Gasteiger partial charge in [0.15, 0.2) is 6.10 Å². The topological polar surface area (TPSA) is 117 Å². The van der Waals surface area contributed by atoms with E-state index in [9.17, 15) is 19.7 Å². The van der Waals surface area contributed by atoms with Gasteiger partial charge in [-0.05, 0) is 37.3 Å². The largest absolute Gasteiger partial charge is 0.497 e. The van der Waals surface area contributed by atoms with Crippen molar-refractivity contribution < 1.29 is 28.7 Å². The van der Waals surface area contributed by atoms with E-state index in [1.807, 2.05) is 0 Å². The lowest BCUT2D eigenvalue weighted by atomic mass is 10.1. The van der Waals surface area contributed by atoms with Crippen LogP contribution in [0.2, 0.25) is 0 Å². The van der Waals surface area contributed by atoms with E-state index in [2.05, 4.69) is 5.32 Å². The van der Waals surface area contributed by atoms with Crippen molar-refractivity contribution in [3.05, 3.63) is 64.2 Å². The number of hydrogen-bond donors (Lipinski definition) is 1. The molecule has 1 unspecified atom stereocenters. The molecule has 0 aliphatic carbocycles. The Kier molecular flexibility index (Phi) is 7.30. The predicted octanol–water partition coefficient (Wildman–Crippen LogP) is 3.20. The fourth-order valence-corrected chi connectivity index (χ4v) is 2.37. The average molecular weight is 400 g/mol. The maximum Gasteiger partial charge on any atom is 0.331 e. The minimum atomic E-state index is -1.17. The van der Waals surface area contributed by atoms with E-state index in [1.165, 1.54) is 45.4 Å². The molecule has 2 rings (SSSR count). The average Bonchev–Trinajstić information content (AvgIpc) is 2.72. The van der Waals surface area contributed by atoms with Crippen LogP contribution in [0.1, 0.15) is 12.5 Å². The molecule has 2 aromatic carbocycles. The lowest BCUT2D eigenvalue weighted by Gasteiger charge is -2.12. The number of nitrogens with zero attached hydrogens (tertiary/aromatic N) is 1. The summed E-state index contributed by atoms with van der Waals surface area (Å²) in [6.45, 7) is 1.36. The molecule has 152 valence electrons. The Balaban J connectivity index is 2.03. The van der Waals surface area contributed by atoms with Crippen molar-refractivity contribution in [1.82, 2.24) is 0 Å². The zero-order valence-corrected chi connectivity index (χ0v) is 16.1. The van der Waals surface area contributed by atoms with Gasteiger partial charge >= 0.3 is 5.97 Å². The maximum atomic E-state index is 12.2. The molecule has 0 aromatic heterocycles. The van der Waals surface area contributed by atoms with E-state index in [0.717, 1.165) is 6.08 Å². The number of rotatable bonds is 8. The number of benzene rings is 2. The predicted molar refractivity (Wildman–Crippen MR) is 106 cm³/mol. The van der Waals surface area contributed by atoms with Crippen molar-refractivity contribution >= 4 is 29.3 Å². The second kappa shape index (κ2) is 9.88. The number of carbonyl (C=O) groups is 2. The number of para-hydroxylation sites is 2. The fraction of sp³-hybridized carbons (Fsp3) is 0.200. The van der Waals surface area contributed by atoms with Crippen LogP contribution in [-0.2, 0) is 14.3 Å². The van der Waals surface area contributed by atoms with Crippen molar-refractivity contribution in [2.75, 3.05) is 19.5 Å². The van der Waals surface area contributed by atoms with Gasteiger partial charge in [-0.25, -0.2) is 4.79 Å². The Bertz CT molecular complexity index is 940. The molecule has 9 nitrogen and oxygen atoms in total. The van der Waals surface area contributed by atoms with Gasteiger partial charge < -0.3 is 19.5 Å². The van der Waals surface area contributed by atoms with Crippen LogP contribution in [-0.4, -0.2) is 37.1 Å². The highest BCUT2D eigenvalue weighted by molar-refractivity contribution is 5.98. The molecule has 0 radical (unpaired) electrons. The lowest BCUT2D eigenvalue weighted by molar-refractivity contribution is -0.383. The van der Waals surface area contributed by atoms with Crippen LogP contribution in [0.3, 0.4) is 0 Å². The third-order valence-electron chi connectivity index (χ3n) is 3.86. The summed E-state index contributed by atoms with van der Waals surface area (Å²) < 4.78 is 15.4. The Labute approximate surface area is 167 Å². The summed E-state index contributed by atoms with van der Waals surface area (Å²) in [4.78, 5) is 34.6. The first-order valence-electron chi connectivity index (χ1n) is 8.50. The van der Waals surface area contributed by atoms with E-state index in [4.69, 9.17) is 14.2 Å². The van der Waals surface area contributed by atoms with Crippen molar-refractivity contribution in [2.45, 2.75) is 13.0 Å². The molecule has 0 bridgehead atoms. The molecular formula is C20H20N2O7. The zero-order valence-electron chi connectivity index (χ0n) is 16.1. The number of methoxy groups -OCH3 is 2. The first-order chi connectivity index (χ1) is 13.8. The molecule has 0 saturated carbocycles.